The van der Waals surface area contributed by atoms with Gasteiger partial charge in [0.1, 0.15) is 0 Å². The first-order valence-corrected chi connectivity index (χ1v) is 7.43. The maximum Gasteiger partial charge on any atom is 0.224 e. The van der Waals surface area contributed by atoms with Gasteiger partial charge in [-0.05, 0) is 11.6 Å². The summed E-state index contributed by atoms with van der Waals surface area (Å²) in [4.78, 5) is 13.8. The number of amides is 1. The van der Waals surface area contributed by atoms with Crippen molar-refractivity contribution in [3.63, 3.8) is 0 Å². The van der Waals surface area contributed by atoms with Crippen LogP contribution in [0.2, 0.25) is 10.0 Å². The van der Waals surface area contributed by atoms with Gasteiger partial charge < -0.3 is 15.0 Å². The molecule has 6 heteroatoms. The number of nitrogens with zero attached hydrogens (tertiary/aromatic N) is 1. The van der Waals surface area contributed by atoms with Crippen LogP contribution in [-0.2, 0) is 16.1 Å². The largest absolute Gasteiger partial charge is 0.378 e. The molecule has 0 spiro atoms. The summed E-state index contributed by atoms with van der Waals surface area (Å²) in [6, 6.07) is 5.55. The molecule has 20 heavy (non-hydrogen) atoms. The minimum Gasteiger partial charge on any atom is -0.378 e. The second-order valence-electron chi connectivity index (χ2n) is 4.63. The first-order valence-electron chi connectivity index (χ1n) is 6.67. The zero-order chi connectivity index (χ0) is 14.4. The highest BCUT2D eigenvalue weighted by molar-refractivity contribution is 6.42. The van der Waals surface area contributed by atoms with Crippen LogP contribution in [-0.4, -0.2) is 43.7 Å². The second kappa shape index (κ2) is 7.84. The van der Waals surface area contributed by atoms with E-state index >= 15 is 0 Å². The van der Waals surface area contributed by atoms with Gasteiger partial charge in [-0.3, -0.25) is 4.79 Å². The lowest BCUT2D eigenvalue weighted by atomic mass is 10.2. The van der Waals surface area contributed by atoms with Crippen molar-refractivity contribution in [1.29, 1.82) is 0 Å². The van der Waals surface area contributed by atoms with E-state index in [2.05, 4.69) is 5.32 Å². The van der Waals surface area contributed by atoms with Crippen LogP contribution in [0.5, 0.6) is 0 Å². The SMILES string of the molecule is O=C(CCNCc1cccc(Cl)c1Cl)N1CCOCC1. The van der Waals surface area contributed by atoms with Crippen molar-refractivity contribution >= 4 is 29.1 Å². The van der Waals surface area contributed by atoms with Crippen LogP contribution in [0, 0.1) is 0 Å². The molecule has 110 valence electrons. The number of nitrogens with one attached hydrogen (secondary N) is 1. The van der Waals surface area contributed by atoms with Gasteiger partial charge in [-0.1, -0.05) is 35.3 Å². The molecule has 2 rings (SSSR count). The van der Waals surface area contributed by atoms with Crippen molar-refractivity contribution in [2.45, 2.75) is 13.0 Å². The average Bonchev–Trinajstić information content (AvgIpc) is 2.48. The Morgan fingerprint density at radius 1 is 1.30 bits per heavy atom. The Balaban J connectivity index is 1.70. The minimum absolute atomic E-state index is 0.165. The number of halogens is 2. The molecule has 0 bridgehead atoms. The minimum atomic E-state index is 0.165. The number of hydrogen-bond donors (Lipinski definition) is 1. The molecular formula is C14H18Cl2N2O2. The molecule has 1 fully saturated rings. The first kappa shape index (κ1) is 15.6. The summed E-state index contributed by atoms with van der Waals surface area (Å²) in [6.45, 7) is 3.89. The molecule has 0 radical (unpaired) electrons. The van der Waals surface area contributed by atoms with Crippen molar-refractivity contribution in [2.24, 2.45) is 0 Å². The van der Waals surface area contributed by atoms with Gasteiger partial charge in [-0.15, -0.1) is 0 Å². The monoisotopic (exact) mass is 316 g/mol. The topological polar surface area (TPSA) is 41.6 Å². The van der Waals surface area contributed by atoms with E-state index in [0.29, 0.717) is 55.9 Å². The summed E-state index contributed by atoms with van der Waals surface area (Å²) >= 11 is 12.0. The molecule has 1 aliphatic heterocycles. The molecular weight excluding hydrogens is 299 g/mol. The number of morpholine rings is 1. The smallest absolute Gasteiger partial charge is 0.224 e. The van der Waals surface area contributed by atoms with Gasteiger partial charge in [0.25, 0.3) is 0 Å². The number of hydrogen-bond acceptors (Lipinski definition) is 3. The number of carbonyl (C=O) groups is 1. The molecule has 1 heterocycles. The highest BCUT2D eigenvalue weighted by atomic mass is 35.5. The molecule has 1 aromatic carbocycles. The molecule has 1 N–H and O–H groups in total. The fraction of sp³-hybridized carbons (Fsp3) is 0.500. The van der Waals surface area contributed by atoms with Gasteiger partial charge in [0.15, 0.2) is 0 Å². The fourth-order valence-corrected chi connectivity index (χ4v) is 2.46. The fourth-order valence-electron chi connectivity index (χ4n) is 2.07. The van der Waals surface area contributed by atoms with Crippen LogP contribution in [0.25, 0.3) is 0 Å². The Morgan fingerprint density at radius 2 is 2.05 bits per heavy atom. The van der Waals surface area contributed by atoms with E-state index < -0.39 is 0 Å². The van der Waals surface area contributed by atoms with Gasteiger partial charge in [-0.2, -0.15) is 0 Å². The Hall–Kier alpha value is -0.810. The predicted molar refractivity (Wildman–Crippen MR) is 80.2 cm³/mol. The molecule has 1 aliphatic rings. The van der Waals surface area contributed by atoms with Gasteiger partial charge in [-0.25, -0.2) is 0 Å². The van der Waals surface area contributed by atoms with E-state index in [4.69, 9.17) is 27.9 Å². The Labute approximate surface area is 129 Å². The van der Waals surface area contributed by atoms with Crippen molar-refractivity contribution in [2.75, 3.05) is 32.8 Å². The standard InChI is InChI=1S/C14H18Cl2N2O2/c15-12-3-1-2-11(14(12)16)10-17-5-4-13(19)18-6-8-20-9-7-18/h1-3,17H,4-10H2. The van der Waals surface area contributed by atoms with E-state index in [1.165, 1.54) is 0 Å². The lowest BCUT2D eigenvalue weighted by Crippen LogP contribution is -2.41. The van der Waals surface area contributed by atoms with Crippen LogP contribution in [0.1, 0.15) is 12.0 Å². The number of benzene rings is 1. The van der Waals surface area contributed by atoms with E-state index in [0.717, 1.165) is 5.56 Å². The summed E-state index contributed by atoms with van der Waals surface area (Å²) in [5.74, 6) is 0.165. The maximum atomic E-state index is 11.9. The molecule has 1 amide bonds. The van der Waals surface area contributed by atoms with Crippen molar-refractivity contribution in [3.8, 4) is 0 Å². The van der Waals surface area contributed by atoms with Crippen LogP contribution in [0.15, 0.2) is 18.2 Å². The summed E-state index contributed by atoms with van der Waals surface area (Å²) in [5.41, 5.74) is 0.943. The van der Waals surface area contributed by atoms with E-state index in [1.807, 2.05) is 17.0 Å². The molecule has 0 aromatic heterocycles. The molecule has 0 aliphatic carbocycles. The Morgan fingerprint density at radius 3 is 2.80 bits per heavy atom. The maximum absolute atomic E-state index is 11.9. The van der Waals surface area contributed by atoms with Crippen LogP contribution >= 0.6 is 23.2 Å². The van der Waals surface area contributed by atoms with E-state index in [9.17, 15) is 4.79 Å². The highest BCUT2D eigenvalue weighted by Crippen LogP contribution is 2.25. The van der Waals surface area contributed by atoms with Gasteiger partial charge in [0.05, 0.1) is 23.3 Å². The van der Waals surface area contributed by atoms with E-state index in [-0.39, 0.29) is 5.91 Å². The Kier molecular flexibility index (Phi) is 6.10. The first-order chi connectivity index (χ1) is 9.68. The van der Waals surface area contributed by atoms with Crippen LogP contribution in [0.3, 0.4) is 0 Å². The summed E-state index contributed by atoms with van der Waals surface area (Å²) in [5, 5.41) is 4.34. The molecule has 0 unspecified atom stereocenters. The normalized spacial score (nSPS) is 15.4. The lowest BCUT2D eigenvalue weighted by molar-refractivity contribution is -0.135. The number of rotatable bonds is 5. The van der Waals surface area contributed by atoms with Crippen LogP contribution in [0.4, 0.5) is 0 Å². The highest BCUT2D eigenvalue weighted by Gasteiger charge is 2.15. The summed E-state index contributed by atoms with van der Waals surface area (Å²) in [7, 11) is 0. The molecule has 1 saturated heterocycles. The summed E-state index contributed by atoms with van der Waals surface area (Å²) in [6.07, 6.45) is 0.484. The third kappa shape index (κ3) is 4.35. The van der Waals surface area contributed by atoms with Gasteiger partial charge >= 0.3 is 0 Å². The van der Waals surface area contributed by atoms with Crippen LogP contribution < -0.4 is 5.32 Å². The zero-order valence-corrected chi connectivity index (χ0v) is 12.7. The second-order valence-corrected chi connectivity index (χ2v) is 5.42. The van der Waals surface area contributed by atoms with Gasteiger partial charge in [0, 0.05) is 32.6 Å². The number of carbonyl (C=O) groups excluding carboxylic acids is 1. The molecule has 1 aromatic rings. The van der Waals surface area contributed by atoms with Crippen molar-refractivity contribution < 1.29 is 9.53 Å². The van der Waals surface area contributed by atoms with Crippen molar-refractivity contribution in [3.05, 3.63) is 33.8 Å². The quantitative estimate of drug-likeness (QED) is 0.848. The molecule has 4 nitrogen and oxygen atoms in total. The molecule has 0 atom stereocenters. The van der Waals surface area contributed by atoms with Crippen molar-refractivity contribution in [1.82, 2.24) is 10.2 Å². The van der Waals surface area contributed by atoms with E-state index in [1.54, 1.807) is 6.07 Å². The van der Waals surface area contributed by atoms with Gasteiger partial charge in [0.2, 0.25) is 5.91 Å². The zero-order valence-electron chi connectivity index (χ0n) is 11.2. The third-order valence-electron chi connectivity index (χ3n) is 3.23. The molecule has 0 saturated carbocycles. The average molecular weight is 317 g/mol. The predicted octanol–water partition coefficient (Wildman–Crippen LogP) is 2.33. The summed E-state index contributed by atoms with van der Waals surface area (Å²) < 4.78 is 5.22. The third-order valence-corrected chi connectivity index (χ3v) is 4.08. The number of ether oxygens (including phenoxy) is 1. The Bertz CT molecular complexity index is 462. The lowest BCUT2D eigenvalue weighted by Gasteiger charge is -2.26.